The number of nitrogens with one attached hydrogen (secondary N) is 3. The number of hydrogen-bond acceptors (Lipinski definition) is 10. The van der Waals surface area contributed by atoms with Crippen molar-refractivity contribution in [3.8, 4) is 11.5 Å². The first kappa shape index (κ1) is 42.1. The van der Waals surface area contributed by atoms with Crippen LogP contribution in [-0.4, -0.2) is 72.6 Å². The molecule has 2 aliphatic heterocycles. The van der Waals surface area contributed by atoms with Gasteiger partial charge in [-0.25, -0.2) is 22.5 Å². The van der Waals surface area contributed by atoms with Gasteiger partial charge in [0.25, 0.3) is 15.9 Å². The monoisotopic (exact) mass is 863 g/mol. The number of carbonyl (C=O) groups excluding carboxylic acids is 1. The lowest BCUT2D eigenvalue weighted by molar-refractivity contribution is -0.0228. The largest absolute Gasteiger partial charge is 0.455 e. The van der Waals surface area contributed by atoms with E-state index in [9.17, 15) is 18.3 Å². The molecule has 0 bridgehead atoms. The summed E-state index contributed by atoms with van der Waals surface area (Å²) in [5.74, 6) is -0.521. The zero-order chi connectivity index (χ0) is 43.2. The summed E-state index contributed by atoms with van der Waals surface area (Å²) in [5, 5.41) is 13.9. The maximum Gasteiger partial charge on any atom is 0.268 e. The van der Waals surface area contributed by atoms with Crippen molar-refractivity contribution < 1.29 is 27.4 Å². The van der Waals surface area contributed by atoms with E-state index >= 15 is 4.39 Å². The van der Waals surface area contributed by atoms with Crippen LogP contribution in [-0.2, 0) is 10.0 Å². The Bertz CT molecular complexity index is 2540. The predicted molar refractivity (Wildman–Crippen MR) is 241 cm³/mol. The van der Waals surface area contributed by atoms with Gasteiger partial charge in [0.1, 0.15) is 23.0 Å². The highest BCUT2D eigenvalue weighted by Gasteiger charge is 2.50. The Kier molecular flexibility index (Phi) is 11.7. The van der Waals surface area contributed by atoms with Crippen molar-refractivity contribution in [2.24, 2.45) is 11.3 Å². The molecule has 0 radical (unpaired) electrons. The van der Waals surface area contributed by atoms with Gasteiger partial charge in [-0.15, -0.1) is 0 Å². The van der Waals surface area contributed by atoms with E-state index in [4.69, 9.17) is 10.5 Å². The molecule has 1 spiro atoms. The number of benzene rings is 3. The minimum absolute atomic E-state index is 0.00540. The maximum atomic E-state index is 16.3. The van der Waals surface area contributed by atoms with Gasteiger partial charge < -0.3 is 30.8 Å². The van der Waals surface area contributed by atoms with E-state index in [0.717, 1.165) is 69.4 Å². The van der Waals surface area contributed by atoms with E-state index in [1.165, 1.54) is 48.4 Å². The van der Waals surface area contributed by atoms with Gasteiger partial charge in [-0.2, -0.15) is 0 Å². The third kappa shape index (κ3) is 8.61. The van der Waals surface area contributed by atoms with Gasteiger partial charge in [-0.1, -0.05) is 38.1 Å². The summed E-state index contributed by atoms with van der Waals surface area (Å²) in [6, 6.07) is 20.3. The van der Waals surface area contributed by atoms with Crippen LogP contribution in [0.4, 0.5) is 21.5 Å². The molecular weight excluding hydrogens is 806 g/mol. The number of aliphatic hydroxyl groups excluding tert-OH is 1. The lowest BCUT2D eigenvalue weighted by Crippen LogP contribution is -2.55. The molecule has 4 fully saturated rings. The fourth-order valence-electron chi connectivity index (χ4n) is 10.6. The highest BCUT2D eigenvalue weighted by atomic mass is 32.2. The first-order chi connectivity index (χ1) is 29.8. The van der Waals surface area contributed by atoms with Crippen LogP contribution < -0.4 is 25.4 Å². The van der Waals surface area contributed by atoms with E-state index in [0.29, 0.717) is 66.3 Å². The number of piperidine rings is 1. The SMILES string of the molecule is CC(C)c1ccccc1C1CCCN1C1CC2(CCN(c3cc(Oc4cnc5[nH]ccc5c4)c(C(=O)NS(=O)(=O)c4ccc(NCC5CCC(O)CC5)c(N)c4)cc3F)CC2)C1. The molecule has 4 aliphatic rings. The van der Waals surface area contributed by atoms with Crippen molar-refractivity contribution >= 4 is 44.0 Å². The summed E-state index contributed by atoms with van der Waals surface area (Å²) in [6.07, 6.45) is 12.8. The van der Waals surface area contributed by atoms with Gasteiger partial charge >= 0.3 is 0 Å². The van der Waals surface area contributed by atoms with Gasteiger partial charge in [-0.05, 0) is 136 Å². The second-order valence-corrected chi connectivity index (χ2v) is 20.1. The number of aromatic nitrogens is 2. The highest BCUT2D eigenvalue weighted by molar-refractivity contribution is 7.90. The summed E-state index contributed by atoms with van der Waals surface area (Å²) in [7, 11) is -4.43. The molecular formula is C48H58FN7O5S. The Balaban J connectivity index is 0.901. The van der Waals surface area contributed by atoms with Crippen LogP contribution in [0.5, 0.6) is 11.5 Å². The van der Waals surface area contributed by atoms with Crippen LogP contribution in [0.1, 0.15) is 112 Å². The minimum Gasteiger partial charge on any atom is -0.455 e. The quantitative estimate of drug-likeness (QED) is 0.0765. The number of fused-ring (bicyclic) bond motifs is 1. The standard InChI is InChI=1S/C48H58FN7O5S/c1-30(2)37-6-3-4-7-38(37)43-8-5-19-56(43)33-26-48(27-33)16-20-55(21-17-48)44-25-45(61-35-22-32-15-18-51-46(32)53-29-35)39(24-40(44)49)47(58)54-62(59,60)36-13-14-42(41(50)23-36)52-28-31-9-11-34(57)12-10-31/h3-4,6-7,13-15,18,22-25,29-31,33-34,43,52,57H,5,8-12,16-17,19-21,26-28,50H2,1-2H3,(H,51,53)(H,54,58). The molecule has 2 aromatic heterocycles. The number of likely N-dealkylation sites (tertiary alicyclic amines) is 1. The molecule has 2 aliphatic carbocycles. The number of aromatic amines is 1. The number of anilines is 3. The van der Waals surface area contributed by atoms with Crippen LogP contribution in [0, 0.1) is 17.2 Å². The first-order valence-electron chi connectivity index (χ1n) is 22.3. The molecule has 1 unspecified atom stereocenters. The number of aliphatic hydroxyl groups is 1. The van der Waals surface area contributed by atoms with Crippen LogP contribution in [0.25, 0.3) is 11.0 Å². The average Bonchev–Trinajstić information content (AvgIpc) is 3.93. The highest BCUT2D eigenvalue weighted by Crippen LogP contribution is 2.54. The number of hydrogen-bond donors (Lipinski definition) is 5. The van der Waals surface area contributed by atoms with Gasteiger partial charge in [0, 0.05) is 49.4 Å². The van der Waals surface area contributed by atoms with Gasteiger partial charge in [0.15, 0.2) is 0 Å². The van der Waals surface area contributed by atoms with Crippen molar-refractivity contribution in [1.82, 2.24) is 19.6 Å². The number of H-pyrrole nitrogens is 1. The maximum absolute atomic E-state index is 16.3. The Labute approximate surface area is 363 Å². The van der Waals surface area contributed by atoms with Crippen molar-refractivity contribution in [3.05, 3.63) is 102 Å². The Morgan fingerprint density at radius 1 is 1.02 bits per heavy atom. The Morgan fingerprint density at radius 3 is 2.55 bits per heavy atom. The Morgan fingerprint density at radius 2 is 1.79 bits per heavy atom. The molecule has 1 atom stereocenters. The zero-order valence-corrected chi connectivity index (χ0v) is 36.4. The molecule has 12 nitrogen and oxygen atoms in total. The summed E-state index contributed by atoms with van der Waals surface area (Å²) in [4.78, 5) is 25.9. The van der Waals surface area contributed by atoms with Crippen LogP contribution in [0.2, 0.25) is 0 Å². The molecule has 328 valence electrons. The molecule has 4 heterocycles. The average molecular weight is 864 g/mol. The van der Waals surface area contributed by atoms with E-state index in [1.54, 1.807) is 18.3 Å². The molecule has 2 saturated carbocycles. The number of rotatable bonds is 12. The van der Waals surface area contributed by atoms with Gasteiger partial charge in [-0.3, -0.25) is 9.69 Å². The molecule has 9 rings (SSSR count). The number of sulfonamides is 1. The van der Waals surface area contributed by atoms with E-state index in [1.807, 2.05) is 11.0 Å². The molecule has 1 amide bonds. The summed E-state index contributed by atoms with van der Waals surface area (Å²) in [5.41, 5.74) is 10.9. The topological polar surface area (TPSA) is 166 Å². The van der Waals surface area contributed by atoms with E-state index in [-0.39, 0.29) is 33.4 Å². The minimum atomic E-state index is -4.43. The second kappa shape index (κ2) is 17.2. The molecule has 2 saturated heterocycles. The fourth-order valence-corrected chi connectivity index (χ4v) is 11.6. The smallest absolute Gasteiger partial charge is 0.268 e. The van der Waals surface area contributed by atoms with Gasteiger partial charge in [0.2, 0.25) is 0 Å². The third-order valence-electron chi connectivity index (χ3n) is 14.1. The number of nitrogens with zero attached hydrogens (tertiary/aromatic N) is 3. The summed E-state index contributed by atoms with van der Waals surface area (Å²) < 4.78 is 52.0. The fraction of sp³-hybridized carbons (Fsp3) is 0.458. The number of halogens is 1. The molecule has 6 N–H and O–H groups in total. The summed E-state index contributed by atoms with van der Waals surface area (Å²) >= 11 is 0. The van der Waals surface area contributed by atoms with Crippen molar-refractivity contribution in [2.75, 3.05) is 42.1 Å². The third-order valence-corrected chi connectivity index (χ3v) is 15.4. The van der Waals surface area contributed by atoms with E-state index < -0.39 is 21.7 Å². The van der Waals surface area contributed by atoms with Crippen LogP contribution in [0.3, 0.4) is 0 Å². The predicted octanol–water partition coefficient (Wildman–Crippen LogP) is 8.87. The molecule has 14 heteroatoms. The number of nitrogens with two attached hydrogens (primary N) is 1. The number of ether oxygens (including phenoxy) is 1. The Hall–Kier alpha value is -5.18. The van der Waals surface area contributed by atoms with Gasteiger partial charge in [0.05, 0.1) is 39.8 Å². The lowest BCUT2D eigenvalue weighted by Gasteiger charge is -2.56. The van der Waals surface area contributed by atoms with Crippen LogP contribution in [0.15, 0.2) is 84.0 Å². The molecule has 5 aromatic rings. The second-order valence-electron chi connectivity index (χ2n) is 18.5. The number of pyridine rings is 1. The number of carbonyl (C=O) groups is 1. The normalized spacial score (nSPS) is 22.0. The van der Waals surface area contributed by atoms with Crippen LogP contribution >= 0.6 is 0 Å². The summed E-state index contributed by atoms with van der Waals surface area (Å²) in [6.45, 7) is 7.61. The lowest BCUT2D eigenvalue weighted by atomic mass is 9.59. The first-order valence-corrected chi connectivity index (χ1v) is 23.8. The van der Waals surface area contributed by atoms with Crippen molar-refractivity contribution in [1.29, 1.82) is 0 Å². The number of amides is 1. The molecule has 62 heavy (non-hydrogen) atoms. The van der Waals surface area contributed by atoms with Crippen molar-refractivity contribution in [2.45, 2.75) is 107 Å². The van der Waals surface area contributed by atoms with E-state index in [2.05, 4.69) is 63.0 Å². The molecule has 3 aromatic carbocycles. The number of nitrogen functional groups attached to an aromatic ring is 1. The van der Waals surface area contributed by atoms with Crippen molar-refractivity contribution in [3.63, 3.8) is 0 Å². The zero-order valence-electron chi connectivity index (χ0n) is 35.6.